The van der Waals surface area contributed by atoms with Gasteiger partial charge in [0.25, 0.3) is 0 Å². The third kappa shape index (κ3) is 10.1. The van der Waals surface area contributed by atoms with Crippen molar-refractivity contribution in [2.75, 3.05) is 0 Å². The Kier molecular flexibility index (Phi) is 14.7. The minimum atomic E-state index is -1.54. The normalized spacial score (nSPS) is 12.0. The summed E-state index contributed by atoms with van der Waals surface area (Å²) in [5.74, 6) is 0. The van der Waals surface area contributed by atoms with Gasteiger partial charge in [0.2, 0.25) is 0 Å². The zero-order valence-corrected chi connectivity index (χ0v) is 61.0. The number of rotatable bonds is 8. The molecule has 0 bridgehead atoms. The lowest BCUT2D eigenvalue weighted by molar-refractivity contribution is 0.669. The minimum Gasteiger partial charge on any atom is -0.455 e. The molecule has 3 heteroatoms. The molecule has 20 aromatic carbocycles. The maximum Gasteiger partial charge on any atom is 0.143 e. The summed E-state index contributed by atoms with van der Waals surface area (Å²) in [6.45, 7) is 7.28. The molecule has 0 saturated carbocycles. The molecule has 0 aliphatic carbocycles. The second-order valence-corrected chi connectivity index (χ2v) is 35.0. The number of para-hydroxylation sites is 2. The van der Waals surface area contributed by atoms with E-state index in [1.165, 1.54) is 169 Å². The molecule has 0 aliphatic rings. The first-order chi connectivity index (χ1) is 53.2. The Balaban J connectivity index is 0.000000139. The smallest absolute Gasteiger partial charge is 0.143 e. The van der Waals surface area contributed by atoms with Crippen molar-refractivity contribution in [3.63, 3.8) is 0 Å². The van der Waals surface area contributed by atoms with E-state index in [1.54, 1.807) is 0 Å². The molecule has 22 rings (SSSR count). The van der Waals surface area contributed by atoms with Gasteiger partial charge in [-0.1, -0.05) is 365 Å². The van der Waals surface area contributed by atoms with Crippen molar-refractivity contribution in [2.24, 2.45) is 0 Å². The van der Waals surface area contributed by atoms with Crippen LogP contribution in [0.3, 0.4) is 0 Å². The Hall–Kier alpha value is -13.4. The van der Waals surface area contributed by atoms with E-state index in [4.69, 9.17) is 8.83 Å². The number of furan rings is 2. The summed E-state index contributed by atoms with van der Waals surface area (Å²) < 4.78 is 13.5. The first-order valence-corrected chi connectivity index (χ1v) is 41.0. The van der Waals surface area contributed by atoms with E-state index in [-0.39, 0.29) is 0 Å². The molecule has 0 atom stereocenters. The van der Waals surface area contributed by atoms with Gasteiger partial charge < -0.3 is 8.83 Å². The van der Waals surface area contributed by atoms with Crippen LogP contribution in [0, 0.1) is 0 Å². The van der Waals surface area contributed by atoms with Crippen molar-refractivity contribution < 1.29 is 8.83 Å². The Morgan fingerprint density at radius 1 is 0.176 bits per heavy atom. The van der Waals surface area contributed by atoms with E-state index in [1.807, 2.05) is 0 Å². The molecule has 108 heavy (non-hydrogen) atoms. The Bertz CT molecular complexity index is 7340. The van der Waals surface area contributed by atoms with Gasteiger partial charge in [0.15, 0.2) is 0 Å². The van der Waals surface area contributed by atoms with Gasteiger partial charge in [-0.2, -0.15) is 0 Å². The molecular formula is C105H70O2Si. The van der Waals surface area contributed by atoms with E-state index >= 15 is 0 Å². The van der Waals surface area contributed by atoms with Crippen LogP contribution in [-0.2, 0) is 0 Å². The number of hydrogen-bond donors (Lipinski definition) is 0. The van der Waals surface area contributed by atoms with Gasteiger partial charge in [-0.05, 0) is 194 Å². The van der Waals surface area contributed by atoms with Crippen LogP contribution in [0.1, 0.15) is 0 Å². The molecule has 2 aromatic heterocycles. The summed E-state index contributed by atoms with van der Waals surface area (Å²) in [4.78, 5) is 0. The van der Waals surface area contributed by atoms with Crippen LogP contribution in [0.25, 0.3) is 219 Å². The van der Waals surface area contributed by atoms with Crippen molar-refractivity contribution >= 4 is 154 Å². The van der Waals surface area contributed by atoms with Crippen LogP contribution < -0.4 is 5.19 Å². The predicted molar refractivity (Wildman–Crippen MR) is 466 cm³/mol. The molecule has 0 spiro atoms. The SMILES string of the molecule is C[Si](C)(C)c1ccc(-c2cccc3c2oc2ccc(-c4c5ccccc5c(-c5cccc6ccccc56)c5ccccc45)cc23)c2ccccc12.c1ccc2c(-c3c4ccccc4c(-c4ccc(-c5ccc6oc7c(-c8cc9ccccc9c9ccccc89)cccc7c6c5)cc4)c4ccccc34)cccc2c1. The third-order valence-corrected chi connectivity index (χ3v) is 24.9. The standard InChI is InChI=1S/C56H34O.C49H36OSi/c1-3-16-40-36(13-1)15-11-24-44(40)55-47-22-9-7-20-45(47)54(46-21-8-10-23-48(46)55)37-29-27-35(28-30-37)38-31-32-53-52(33-38)50-26-12-25-49(56(50)57-53)51-34-39-14-2-4-17-41(39)42-18-5-6-19-43(42)51;1-51(2,3)46-29-27-35(34-17-6-7-18-36(34)46)42-24-13-25-43-44-30-32(26-28-45(44)50-49(42)43)47-38-19-8-10-21-40(38)48(41-22-11-9-20-39(41)47)37-23-12-15-31-14-4-5-16-33(31)37/h1-34H;4-30H,1-3H3. The van der Waals surface area contributed by atoms with Crippen LogP contribution in [0.15, 0.2) is 379 Å². The van der Waals surface area contributed by atoms with Crippen molar-refractivity contribution in [2.45, 2.75) is 19.6 Å². The molecule has 0 fully saturated rings. The fourth-order valence-corrected chi connectivity index (χ4v) is 19.6. The van der Waals surface area contributed by atoms with E-state index in [9.17, 15) is 0 Å². The molecule has 2 nitrogen and oxygen atoms in total. The van der Waals surface area contributed by atoms with Crippen LogP contribution in [0.4, 0.5) is 0 Å². The van der Waals surface area contributed by atoms with Gasteiger partial charge >= 0.3 is 0 Å². The van der Waals surface area contributed by atoms with E-state index < -0.39 is 8.07 Å². The fourth-order valence-electron chi connectivity index (χ4n) is 18.0. The summed E-state index contributed by atoms with van der Waals surface area (Å²) in [7, 11) is -1.54. The van der Waals surface area contributed by atoms with E-state index in [2.05, 4.69) is 390 Å². The van der Waals surface area contributed by atoms with Crippen molar-refractivity contribution in [1.82, 2.24) is 0 Å². The van der Waals surface area contributed by atoms with Gasteiger partial charge in [0.1, 0.15) is 22.3 Å². The Morgan fingerprint density at radius 2 is 0.509 bits per heavy atom. The summed E-state index contributed by atoms with van der Waals surface area (Å²) in [5.41, 5.74) is 20.7. The van der Waals surface area contributed by atoms with Gasteiger partial charge in [0, 0.05) is 32.7 Å². The van der Waals surface area contributed by atoms with Crippen molar-refractivity contribution in [3.8, 4) is 77.9 Å². The van der Waals surface area contributed by atoms with Gasteiger partial charge in [-0.25, -0.2) is 0 Å². The Labute approximate surface area is 626 Å². The highest BCUT2D eigenvalue weighted by Gasteiger charge is 2.25. The first kappa shape index (κ1) is 63.1. The van der Waals surface area contributed by atoms with Crippen molar-refractivity contribution in [3.05, 3.63) is 370 Å². The highest BCUT2D eigenvalue weighted by molar-refractivity contribution is 6.90. The predicted octanol–water partition coefficient (Wildman–Crippen LogP) is 29.8. The maximum atomic E-state index is 6.78. The first-order valence-electron chi connectivity index (χ1n) is 37.5. The number of fused-ring (bicyclic) bond motifs is 16. The minimum absolute atomic E-state index is 0.895. The van der Waals surface area contributed by atoms with Crippen LogP contribution in [-0.4, -0.2) is 8.07 Å². The lowest BCUT2D eigenvalue weighted by Crippen LogP contribution is -2.38. The summed E-state index contributed by atoms with van der Waals surface area (Å²) in [6.07, 6.45) is 0. The third-order valence-electron chi connectivity index (χ3n) is 22.9. The lowest BCUT2D eigenvalue weighted by Gasteiger charge is -2.21. The molecule has 0 aliphatic heterocycles. The molecular weight excluding hydrogens is 1320 g/mol. The Morgan fingerprint density at radius 3 is 1.01 bits per heavy atom. The molecule has 0 saturated heterocycles. The van der Waals surface area contributed by atoms with Crippen LogP contribution in [0.5, 0.6) is 0 Å². The second-order valence-electron chi connectivity index (χ2n) is 30.0. The fraction of sp³-hybridized carbons (Fsp3) is 0.0286. The second kappa shape index (κ2) is 25.1. The summed E-state index contributed by atoms with van der Waals surface area (Å²) in [5, 5.41) is 28.8. The number of benzene rings is 20. The molecule has 22 aromatic rings. The lowest BCUT2D eigenvalue weighted by atomic mass is 9.84. The summed E-state index contributed by atoms with van der Waals surface area (Å²) >= 11 is 0. The monoisotopic (exact) mass is 1390 g/mol. The van der Waals surface area contributed by atoms with Gasteiger partial charge in [-0.3, -0.25) is 0 Å². The number of hydrogen-bond acceptors (Lipinski definition) is 2. The molecule has 0 amide bonds. The van der Waals surface area contributed by atoms with Crippen molar-refractivity contribution in [1.29, 1.82) is 0 Å². The largest absolute Gasteiger partial charge is 0.455 e. The van der Waals surface area contributed by atoms with Crippen LogP contribution in [0.2, 0.25) is 19.6 Å². The zero-order valence-electron chi connectivity index (χ0n) is 60.0. The average Bonchev–Trinajstić information content (AvgIpc) is 1.68. The molecule has 506 valence electrons. The highest BCUT2D eigenvalue weighted by Crippen LogP contribution is 2.50. The molecule has 0 radical (unpaired) electrons. The van der Waals surface area contributed by atoms with Gasteiger partial charge in [0.05, 0.1) is 8.07 Å². The quantitative estimate of drug-likeness (QED) is 0.0861. The molecule has 0 N–H and O–H groups in total. The van der Waals surface area contributed by atoms with Gasteiger partial charge in [-0.15, -0.1) is 0 Å². The highest BCUT2D eigenvalue weighted by atomic mass is 28.3. The topological polar surface area (TPSA) is 26.3 Å². The zero-order chi connectivity index (χ0) is 71.7. The molecule has 2 heterocycles. The van der Waals surface area contributed by atoms with E-state index in [0.29, 0.717) is 0 Å². The maximum absolute atomic E-state index is 6.78. The van der Waals surface area contributed by atoms with E-state index in [0.717, 1.165) is 55.0 Å². The molecule has 0 unspecified atom stereocenters. The summed E-state index contributed by atoms with van der Waals surface area (Å²) in [6, 6.07) is 135. The van der Waals surface area contributed by atoms with Crippen LogP contribution >= 0.6 is 0 Å². The average molecular weight is 1390 g/mol.